The molecule has 1 atom stereocenters. The minimum Gasteiger partial charge on any atom is -0.349 e. The number of benzene rings is 1. The van der Waals surface area contributed by atoms with Crippen molar-refractivity contribution in [1.29, 1.82) is 0 Å². The maximum absolute atomic E-state index is 6.07. The largest absolute Gasteiger partial charge is 0.349 e. The minimum atomic E-state index is 0.322. The summed E-state index contributed by atoms with van der Waals surface area (Å²) in [6.45, 7) is 0.994. The highest BCUT2D eigenvalue weighted by Crippen LogP contribution is 2.37. The van der Waals surface area contributed by atoms with Crippen molar-refractivity contribution >= 4 is 28.3 Å². The zero-order valence-electron chi connectivity index (χ0n) is 12.0. The third-order valence-electron chi connectivity index (χ3n) is 4.17. The summed E-state index contributed by atoms with van der Waals surface area (Å²) >= 11 is 6.07. The average Bonchev–Trinajstić information content (AvgIpc) is 3.04. The van der Waals surface area contributed by atoms with E-state index in [1.807, 2.05) is 36.7 Å². The highest BCUT2D eigenvalue weighted by atomic mass is 35.5. The number of nitrogens with zero attached hydrogens (tertiary/aromatic N) is 4. The Morgan fingerprint density at radius 2 is 2.14 bits per heavy atom. The van der Waals surface area contributed by atoms with Crippen LogP contribution in [0.5, 0.6) is 0 Å². The summed E-state index contributed by atoms with van der Waals surface area (Å²) in [5.74, 6) is 0.980. The molecule has 0 N–H and O–H groups in total. The van der Waals surface area contributed by atoms with E-state index in [9.17, 15) is 0 Å². The van der Waals surface area contributed by atoms with Crippen LogP contribution in [0.4, 0.5) is 5.82 Å². The van der Waals surface area contributed by atoms with E-state index in [4.69, 9.17) is 11.6 Å². The molecule has 1 unspecified atom stereocenters. The van der Waals surface area contributed by atoms with Crippen molar-refractivity contribution < 1.29 is 0 Å². The summed E-state index contributed by atoms with van der Waals surface area (Å²) in [5, 5.41) is 1.74. The van der Waals surface area contributed by atoms with Crippen LogP contribution in [0.25, 0.3) is 10.9 Å². The summed E-state index contributed by atoms with van der Waals surface area (Å²) in [6.07, 6.45) is 7.64. The Kier molecular flexibility index (Phi) is 3.39. The summed E-state index contributed by atoms with van der Waals surface area (Å²) < 4.78 is 0. The Morgan fingerprint density at radius 3 is 3.00 bits per heavy atom. The molecule has 5 heteroatoms. The van der Waals surface area contributed by atoms with Crippen LogP contribution >= 0.6 is 11.6 Å². The quantitative estimate of drug-likeness (QED) is 0.717. The molecule has 22 heavy (non-hydrogen) atoms. The molecule has 1 saturated heterocycles. The molecular weight excluding hydrogens is 296 g/mol. The first-order valence-corrected chi connectivity index (χ1v) is 7.77. The first-order valence-electron chi connectivity index (χ1n) is 7.40. The Morgan fingerprint density at radius 1 is 1.18 bits per heavy atom. The number of pyridine rings is 1. The maximum Gasteiger partial charge on any atom is 0.140 e. The molecule has 0 bridgehead atoms. The molecule has 110 valence electrons. The Labute approximate surface area is 133 Å². The lowest BCUT2D eigenvalue weighted by molar-refractivity contribution is 0.709. The van der Waals surface area contributed by atoms with Gasteiger partial charge in [0.25, 0.3) is 0 Å². The standard InChI is InChI=1S/C17H15ClN4/c18-13-5-6-14-15(9-13)20-11-21-17(14)22-8-2-4-16(22)12-3-1-7-19-10-12/h1,3,5-7,9-11,16H,2,4,8H2. The molecular formula is C17H15ClN4. The van der Waals surface area contributed by atoms with Gasteiger partial charge < -0.3 is 4.90 Å². The normalized spacial score (nSPS) is 18.0. The summed E-state index contributed by atoms with van der Waals surface area (Å²) in [5.41, 5.74) is 2.12. The number of fused-ring (bicyclic) bond motifs is 1. The fourth-order valence-corrected chi connectivity index (χ4v) is 3.35. The van der Waals surface area contributed by atoms with E-state index < -0.39 is 0 Å². The summed E-state index contributed by atoms with van der Waals surface area (Å²) in [4.78, 5) is 15.5. The molecule has 0 amide bonds. The van der Waals surface area contributed by atoms with Gasteiger partial charge in [0.1, 0.15) is 12.1 Å². The number of hydrogen-bond donors (Lipinski definition) is 0. The van der Waals surface area contributed by atoms with Crippen LogP contribution in [0.3, 0.4) is 0 Å². The Hall–Kier alpha value is -2.20. The van der Waals surface area contributed by atoms with Gasteiger partial charge in [0.15, 0.2) is 0 Å². The van der Waals surface area contributed by atoms with Crippen molar-refractivity contribution in [3.8, 4) is 0 Å². The van der Waals surface area contributed by atoms with Gasteiger partial charge in [-0.25, -0.2) is 9.97 Å². The Balaban J connectivity index is 1.81. The smallest absolute Gasteiger partial charge is 0.140 e. The maximum atomic E-state index is 6.07. The van der Waals surface area contributed by atoms with Crippen LogP contribution in [-0.4, -0.2) is 21.5 Å². The third-order valence-corrected chi connectivity index (χ3v) is 4.41. The average molecular weight is 311 g/mol. The van der Waals surface area contributed by atoms with Gasteiger partial charge in [-0.2, -0.15) is 0 Å². The molecule has 1 aromatic carbocycles. The van der Waals surface area contributed by atoms with Gasteiger partial charge in [-0.1, -0.05) is 17.7 Å². The van der Waals surface area contributed by atoms with E-state index >= 15 is 0 Å². The zero-order chi connectivity index (χ0) is 14.9. The first kappa shape index (κ1) is 13.5. The molecule has 4 rings (SSSR count). The molecule has 1 aliphatic rings. The van der Waals surface area contributed by atoms with E-state index in [1.165, 1.54) is 5.56 Å². The molecule has 1 aliphatic heterocycles. The van der Waals surface area contributed by atoms with E-state index in [0.29, 0.717) is 11.1 Å². The van der Waals surface area contributed by atoms with Crippen LogP contribution in [0.15, 0.2) is 49.1 Å². The van der Waals surface area contributed by atoms with Crippen molar-refractivity contribution in [2.24, 2.45) is 0 Å². The monoisotopic (exact) mass is 310 g/mol. The lowest BCUT2D eigenvalue weighted by Gasteiger charge is -2.26. The van der Waals surface area contributed by atoms with Crippen molar-refractivity contribution in [2.45, 2.75) is 18.9 Å². The highest BCUT2D eigenvalue weighted by Gasteiger charge is 2.28. The number of hydrogen-bond acceptors (Lipinski definition) is 4. The van der Waals surface area contributed by atoms with Crippen LogP contribution in [0.1, 0.15) is 24.4 Å². The molecule has 0 aliphatic carbocycles. The van der Waals surface area contributed by atoms with Gasteiger partial charge in [-0.3, -0.25) is 4.98 Å². The molecule has 0 spiro atoms. The first-order chi connectivity index (χ1) is 10.8. The van der Waals surface area contributed by atoms with Crippen LogP contribution in [0, 0.1) is 0 Å². The SMILES string of the molecule is Clc1ccc2c(N3CCCC3c3cccnc3)ncnc2c1. The fourth-order valence-electron chi connectivity index (χ4n) is 3.18. The van der Waals surface area contributed by atoms with Crippen LogP contribution < -0.4 is 4.90 Å². The molecule has 1 fully saturated rings. The number of halogens is 1. The van der Waals surface area contributed by atoms with E-state index in [-0.39, 0.29) is 0 Å². The van der Waals surface area contributed by atoms with Crippen LogP contribution in [0.2, 0.25) is 5.02 Å². The van der Waals surface area contributed by atoms with Gasteiger partial charge in [0, 0.05) is 29.3 Å². The molecule has 2 aromatic heterocycles. The second kappa shape index (κ2) is 5.54. The fraction of sp³-hybridized carbons (Fsp3) is 0.235. The van der Waals surface area contributed by atoms with Crippen LogP contribution in [-0.2, 0) is 0 Å². The van der Waals surface area contributed by atoms with Gasteiger partial charge in [0.2, 0.25) is 0 Å². The highest BCUT2D eigenvalue weighted by molar-refractivity contribution is 6.31. The zero-order valence-corrected chi connectivity index (χ0v) is 12.7. The van der Waals surface area contributed by atoms with Gasteiger partial charge in [0.05, 0.1) is 11.6 Å². The number of aromatic nitrogens is 3. The van der Waals surface area contributed by atoms with Gasteiger partial charge >= 0.3 is 0 Å². The van der Waals surface area contributed by atoms with Crippen molar-refractivity contribution in [3.05, 3.63) is 59.6 Å². The Bertz CT molecular complexity index is 806. The minimum absolute atomic E-state index is 0.322. The summed E-state index contributed by atoms with van der Waals surface area (Å²) in [6, 6.07) is 10.2. The van der Waals surface area contributed by atoms with E-state index in [2.05, 4.69) is 25.9 Å². The third kappa shape index (κ3) is 2.29. The number of rotatable bonds is 2. The lowest BCUT2D eigenvalue weighted by atomic mass is 10.1. The molecule has 0 radical (unpaired) electrons. The predicted octanol–water partition coefficient (Wildman–Crippen LogP) is 4.02. The second-order valence-electron chi connectivity index (χ2n) is 5.50. The predicted molar refractivity (Wildman–Crippen MR) is 88.1 cm³/mol. The van der Waals surface area contributed by atoms with E-state index in [0.717, 1.165) is 36.1 Å². The molecule has 3 heterocycles. The van der Waals surface area contributed by atoms with Gasteiger partial charge in [-0.15, -0.1) is 0 Å². The second-order valence-corrected chi connectivity index (χ2v) is 5.93. The van der Waals surface area contributed by atoms with Crippen molar-refractivity contribution in [2.75, 3.05) is 11.4 Å². The number of anilines is 1. The van der Waals surface area contributed by atoms with Crippen molar-refractivity contribution in [3.63, 3.8) is 0 Å². The summed E-state index contributed by atoms with van der Waals surface area (Å²) in [7, 11) is 0. The van der Waals surface area contributed by atoms with Gasteiger partial charge in [-0.05, 0) is 42.7 Å². The molecule has 4 nitrogen and oxygen atoms in total. The topological polar surface area (TPSA) is 41.9 Å². The molecule has 3 aromatic rings. The lowest BCUT2D eigenvalue weighted by Crippen LogP contribution is -2.24. The van der Waals surface area contributed by atoms with E-state index in [1.54, 1.807) is 6.33 Å². The molecule has 0 saturated carbocycles. The van der Waals surface area contributed by atoms with Crippen molar-refractivity contribution in [1.82, 2.24) is 15.0 Å².